The number of unbranched alkanes of at least 4 members (excludes halogenated alkanes) is 2. The summed E-state index contributed by atoms with van der Waals surface area (Å²) < 4.78 is 33.8. The highest BCUT2D eigenvalue weighted by molar-refractivity contribution is 6.03. The molecule has 0 spiro atoms. The maximum absolute atomic E-state index is 15.3. The second kappa shape index (κ2) is 23.5. The van der Waals surface area contributed by atoms with Crippen LogP contribution in [0, 0.1) is 31.6 Å². The smallest absolute Gasteiger partial charge is 0.410 e. The molecule has 5 aromatic carbocycles. The number of carbonyl (C=O) groups is 1. The van der Waals surface area contributed by atoms with Gasteiger partial charge in [-0.05, 0) is 141 Å². The Hall–Kier alpha value is -5.98. The largest absolute Gasteiger partial charge is 0.459 e. The van der Waals surface area contributed by atoms with Crippen molar-refractivity contribution in [2.45, 2.75) is 116 Å². The van der Waals surface area contributed by atoms with E-state index in [4.69, 9.17) is 33.7 Å². The van der Waals surface area contributed by atoms with E-state index in [1.807, 2.05) is 87.5 Å². The number of hydrogen-bond donors (Lipinski definition) is 2. The Morgan fingerprint density at radius 1 is 0.859 bits per heavy atom. The van der Waals surface area contributed by atoms with Crippen molar-refractivity contribution in [3.63, 3.8) is 0 Å². The molecule has 0 unspecified atom stereocenters. The van der Waals surface area contributed by atoms with Gasteiger partial charge < -0.3 is 38.7 Å². The molecule has 0 radical (unpaired) electrons. The molecule has 1 aliphatic heterocycles. The highest BCUT2D eigenvalue weighted by Gasteiger charge is 2.66. The zero-order valence-electron chi connectivity index (χ0n) is 42.2. The second-order valence-electron chi connectivity index (χ2n) is 20.2. The van der Waals surface area contributed by atoms with Crippen LogP contribution in [0.3, 0.4) is 0 Å². The van der Waals surface area contributed by atoms with E-state index in [0.29, 0.717) is 36.7 Å². The first-order valence-electron chi connectivity index (χ1n) is 25.5. The van der Waals surface area contributed by atoms with E-state index in [9.17, 15) is 10.2 Å². The van der Waals surface area contributed by atoms with E-state index >= 15 is 4.79 Å². The third-order valence-corrected chi connectivity index (χ3v) is 14.2. The molecule has 2 aliphatic carbocycles. The van der Waals surface area contributed by atoms with Crippen molar-refractivity contribution in [1.82, 2.24) is 4.90 Å². The number of aryl methyl sites for hydroxylation is 2. The monoisotopic (exact) mass is 965 g/mol. The third-order valence-electron chi connectivity index (χ3n) is 14.2. The van der Waals surface area contributed by atoms with Crippen molar-refractivity contribution < 1.29 is 43.5 Å². The first-order chi connectivity index (χ1) is 34.4. The maximum Gasteiger partial charge on any atom is 0.410 e. The van der Waals surface area contributed by atoms with Gasteiger partial charge >= 0.3 is 6.09 Å². The predicted molar refractivity (Wildman–Crippen MR) is 279 cm³/mol. The van der Waals surface area contributed by atoms with E-state index in [1.165, 1.54) is 5.56 Å². The van der Waals surface area contributed by atoms with E-state index in [2.05, 4.69) is 69.0 Å². The van der Waals surface area contributed by atoms with E-state index in [-0.39, 0.29) is 63.8 Å². The van der Waals surface area contributed by atoms with Gasteiger partial charge in [0.2, 0.25) is 5.79 Å². The van der Waals surface area contributed by atoms with Gasteiger partial charge in [0.05, 0.1) is 38.0 Å². The molecule has 1 amide bonds. The summed E-state index contributed by atoms with van der Waals surface area (Å²) in [6.07, 6.45) is 8.33. The third kappa shape index (κ3) is 12.0. The van der Waals surface area contributed by atoms with Crippen LogP contribution in [0.1, 0.15) is 99.5 Å². The first kappa shape index (κ1) is 51.4. The molecule has 71 heavy (non-hydrogen) atoms. The molecule has 6 atom stereocenters. The molecule has 1 saturated carbocycles. The van der Waals surface area contributed by atoms with E-state index in [1.54, 1.807) is 11.0 Å². The minimum atomic E-state index is -1.49. The Balaban J connectivity index is 1.31. The van der Waals surface area contributed by atoms with E-state index < -0.39 is 29.4 Å². The lowest BCUT2D eigenvalue weighted by Gasteiger charge is -2.60. The summed E-state index contributed by atoms with van der Waals surface area (Å²) in [4.78, 5) is 23.4. The van der Waals surface area contributed by atoms with Gasteiger partial charge in [-0.15, -0.1) is 6.58 Å². The molecule has 0 saturated heterocycles. The molecule has 8 rings (SSSR count). The van der Waals surface area contributed by atoms with E-state index in [0.717, 1.165) is 70.0 Å². The quantitative estimate of drug-likeness (QED) is 0.0396. The lowest BCUT2D eigenvalue weighted by molar-refractivity contribution is -0.256. The van der Waals surface area contributed by atoms with Gasteiger partial charge in [0.1, 0.15) is 35.5 Å². The Morgan fingerprint density at radius 3 is 2.35 bits per heavy atom. The number of benzene rings is 5. The van der Waals surface area contributed by atoms with Crippen LogP contribution in [-0.2, 0) is 32.2 Å². The van der Waals surface area contributed by atoms with Crippen LogP contribution in [0.5, 0.6) is 17.2 Å². The van der Waals surface area contributed by atoms with Crippen molar-refractivity contribution in [2.75, 3.05) is 33.0 Å². The van der Waals surface area contributed by atoms with Crippen molar-refractivity contribution in [3.05, 3.63) is 161 Å². The van der Waals surface area contributed by atoms with Crippen molar-refractivity contribution in [3.8, 4) is 17.2 Å². The van der Waals surface area contributed by atoms with Gasteiger partial charge in [-0.3, -0.25) is 4.90 Å². The van der Waals surface area contributed by atoms with Gasteiger partial charge in [0, 0.05) is 31.1 Å². The molecular weight excluding hydrogens is 893 g/mol. The molecule has 1 fully saturated rings. The number of allylic oxidation sites excluding steroid dienone is 1. The molecule has 376 valence electrons. The van der Waals surface area contributed by atoms with Gasteiger partial charge in [-0.2, -0.15) is 0 Å². The SMILES string of the molecule is C=CCO[C@@]12Oc3ccc(Oc4ccc(C)c(C)c4)cc3[C@H]3[C@H](CCCCO)[C@@H](CCCCO)C=C(C(=NOC(C)(C)C)C[C@@H]1N(Cc1cccc4ccccc14)C(=O)OCCOCc1ccccc1)[C@H]32. The number of ether oxygens (including phenoxy) is 5. The average molecular weight is 965 g/mol. The number of fused-ring (bicyclic) bond motifs is 3. The van der Waals surface area contributed by atoms with Crippen molar-refractivity contribution in [2.24, 2.45) is 22.9 Å². The Morgan fingerprint density at radius 2 is 1.59 bits per heavy atom. The summed E-state index contributed by atoms with van der Waals surface area (Å²) in [6.45, 7) is 15.3. The molecule has 1 heterocycles. The molecular formula is C60H72N2O9. The Kier molecular flexibility index (Phi) is 17.0. The van der Waals surface area contributed by atoms with Crippen LogP contribution in [0.25, 0.3) is 10.8 Å². The number of carbonyl (C=O) groups excluding carboxylic acids is 1. The lowest BCUT2D eigenvalue weighted by Crippen LogP contribution is -2.70. The molecule has 11 heteroatoms. The molecule has 0 aromatic heterocycles. The van der Waals surface area contributed by atoms with Crippen LogP contribution in [0.15, 0.2) is 139 Å². The second-order valence-corrected chi connectivity index (χ2v) is 20.2. The molecule has 0 bridgehead atoms. The van der Waals surface area contributed by atoms with Crippen LogP contribution in [0.2, 0.25) is 0 Å². The number of oxime groups is 1. The zero-order chi connectivity index (χ0) is 50.0. The summed E-state index contributed by atoms with van der Waals surface area (Å²) >= 11 is 0. The molecule has 5 aromatic rings. The number of aliphatic hydroxyl groups excluding tert-OH is 2. The minimum absolute atomic E-state index is 0.0195. The van der Waals surface area contributed by atoms with Crippen LogP contribution in [0.4, 0.5) is 4.79 Å². The minimum Gasteiger partial charge on any atom is -0.459 e. The average Bonchev–Trinajstić information content (AvgIpc) is 3.36. The van der Waals surface area contributed by atoms with Crippen molar-refractivity contribution >= 4 is 22.6 Å². The highest BCUT2D eigenvalue weighted by Crippen LogP contribution is 2.62. The van der Waals surface area contributed by atoms with Gasteiger partial charge in [-0.25, -0.2) is 4.79 Å². The maximum atomic E-state index is 15.3. The summed E-state index contributed by atoms with van der Waals surface area (Å²) in [5.74, 6) is -0.115. The van der Waals surface area contributed by atoms with Crippen molar-refractivity contribution in [1.29, 1.82) is 0 Å². The van der Waals surface area contributed by atoms with Gasteiger partial charge in [0.25, 0.3) is 0 Å². The topological polar surface area (TPSA) is 129 Å². The Labute approximate surface area is 420 Å². The molecule has 2 N–H and O–H groups in total. The number of hydrogen-bond acceptors (Lipinski definition) is 10. The van der Waals surface area contributed by atoms with Crippen LogP contribution < -0.4 is 9.47 Å². The molecule has 3 aliphatic rings. The zero-order valence-corrected chi connectivity index (χ0v) is 42.2. The summed E-state index contributed by atoms with van der Waals surface area (Å²) in [5, 5.41) is 27.3. The van der Waals surface area contributed by atoms with Gasteiger partial charge in [0.15, 0.2) is 0 Å². The number of amides is 1. The fourth-order valence-electron chi connectivity index (χ4n) is 10.8. The predicted octanol–water partition coefficient (Wildman–Crippen LogP) is 12.5. The standard InChI is InChI=1S/C60H72N2O9/c1-7-32-68-60-55(62(39-46-23-17-22-44-20-11-12-24-49(44)46)58(65)67-34-33-66-40-43-18-9-8-10-19-43)38-53(61-71-59(4,5)6)51-36-45(21-13-15-30-63)50(25-14-16-31-64)56(57(51)60)52-37-48(28-29-54(52)70-60)69-47-27-26-41(2)42(3)35-47/h7-12,17-20,22-24,26-29,35-37,45,50,55-57,63-64H,1,13-16,21,25,30-34,38-40H2,2-6H3/t45-,50+,55-,56+,57+,60+/m0/s1. The number of nitrogens with zero attached hydrogens (tertiary/aromatic N) is 2. The number of rotatable bonds is 22. The lowest BCUT2D eigenvalue weighted by atomic mass is 9.55. The fraction of sp³-hybridized carbons (Fsp3) is 0.433. The highest BCUT2D eigenvalue weighted by atomic mass is 16.7. The van der Waals surface area contributed by atoms with Gasteiger partial charge in [-0.1, -0.05) is 109 Å². The van der Waals surface area contributed by atoms with Crippen LogP contribution in [-0.4, -0.2) is 77.4 Å². The number of aliphatic hydroxyl groups is 2. The normalized spacial score (nSPS) is 21.9. The first-order valence-corrected chi connectivity index (χ1v) is 25.5. The molecule has 11 nitrogen and oxygen atoms in total. The summed E-state index contributed by atoms with van der Waals surface area (Å²) in [7, 11) is 0. The summed E-state index contributed by atoms with van der Waals surface area (Å²) in [6, 6.07) is 35.6. The Bertz CT molecular complexity index is 2650. The fourth-order valence-corrected chi connectivity index (χ4v) is 10.8. The summed E-state index contributed by atoms with van der Waals surface area (Å²) in [5.41, 5.74) is 6.27. The van der Waals surface area contributed by atoms with Crippen LogP contribution >= 0.6 is 0 Å².